The van der Waals surface area contributed by atoms with Crippen molar-refractivity contribution in [3.63, 3.8) is 0 Å². The van der Waals surface area contributed by atoms with Crippen molar-refractivity contribution in [1.29, 1.82) is 0 Å². The molecule has 0 N–H and O–H groups in total. The molecule has 1 atom stereocenters. The summed E-state index contributed by atoms with van der Waals surface area (Å²) in [6.07, 6.45) is 0. The van der Waals surface area contributed by atoms with Crippen LogP contribution in [0.3, 0.4) is 0 Å². The molecule has 0 aliphatic heterocycles. The fraction of sp³-hybridized carbons (Fsp3) is 0.800. The van der Waals surface area contributed by atoms with Gasteiger partial charge in [-0.1, -0.05) is 32.1 Å². The van der Waals surface area contributed by atoms with Crippen LogP contribution in [0.2, 0.25) is 4.47 Å². The minimum Gasteiger partial charge on any atom is -0.296 e. The lowest BCUT2D eigenvalue weighted by Crippen LogP contribution is -2.38. The van der Waals surface area contributed by atoms with Crippen molar-refractivity contribution in [2.24, 2.45) is 5.41 Å². The maximum atomic E-state index is 5.74. The van der Waals surface area contributed by atoms with E-state index >= 15 is 0 Å². The highest BCUT2D eigenvalue weighted by Crippen LogP contribution is 2.25. The molecule has 0 amide bonds. The summed E-state index contributed by atoms with van der Waals surface area (Å²) >= 11 is 7.19. The van der Waals surface area contributed by atoms with Gasteiger partial charge in [-0.25, -0.2) is 0 Å². The van der Waals surface area contributed by atoms with E-state index in [0.29, 0.717) is 10.5 Å². The molecule has 1 aromatic rings. The van der Waals surface area contributed by atoms with Crippen molar-refractivity contribution < 1.29 is 0 Å². The van der Waals surface area contributed by atoms with Crippen LogP contribution in [-0.4, -0.2) is 28.2 Å². The Morgan fingerprint density at radius 2 is 2.00 bits per heavy atom. The standard InChI is InChI=1S/C10H18ClN3S/c1-7(10(2,3)4)14(5)6-8-12-13-9(11)15-8/h7H,6H2,1-5H3. The van der Waals surface area contributed by atoms with E-state index in [0.717, 1.165) is 11.6 Å². The van der Waals surface area contributed by atoms with Crippen molar-refractivity contribution in [2.75, 3.05) is 7.05 Å². The number of rotatable bonds is 3. The molecule has 1 unspecified atom stereocenters. The third-order valence-corrected chi connectivity index (χ3v) is 3.74. The molecule has 1 aromatic heterocycles. The SMILES string of the molecule is CC(N(C)Cc1nnc(Cl)s1)C(C)(C)C. The molecular formula is C10H18ClN3S. The summed E-state index contributed by atoms with van der Waals surface area (Å²) in [7, 11) is 2.10. The first-order chi connectivity index (χ1) is 6.80. The maximum Gasteiger partial charge on any atom is 0.207 e. The predicted octanol–water partition coefficient (Wildman–Crippen LogP) is 3.06. The Labute approximate surface area is 100 Å². The van der Waals surface area contributed by atoms with E-state index in [1.807, 2.05) is 0 Å². The summed E-state index contributed by atoms with van der Waals surface area (Å²) in [6.45, 7) is 9.75. The second kappa shape index (κ2) is 4.76. The number of nitrogens with zero attached hydrogens (tertiary/aromatic N) is 3. The molecule has 1 rings (SSSR count). The summed E-state index contributed by atoms with van der Waals surface area (Å²) in [6, 6.07) is 0.486. The zero-order valence-corrected chi connectivity index (χ0v) is 11.5. The van der Waals surface area contributed by atoms with Crippen LogP contribution in [0.25, 0.3) is 0 Å². The summed E-state index contributed by atoms with van der Waals surface area (Å²) in [4.78, 5) is 2.27. The Kier molecular flexibility index (Phi) is 4.09. The molecule has 0 fully saturated rings. The molecule has 0 saturated heterocycles. The van der Waals surface area contributed by atoms with Gasteiger partial charge in [0, 0.05) is 6.04 Å². The Morgan fingerprint density at radius 1 is 1.40 bits per heavy atom. The highest BCUT2D eigenvalue weighted by molar-refractivity contribution is 7.15. The van der Waals surface area contributed by atoms with E-state index in [-0.39, 0.29) is 5.41 Å². The molecule has 0 aromatic carbocycles. The molecule has 0 saturated carbocycles. The fourth-order valence-corrected chi connectivity index (χ4v) is 2.24. The van der Waals surface area contributed by atoms with Crippen molar-refractivity contribution >= 4 is 22.9 Å². The summed E-state index contributed by atoms with van der Waals surface area (Å²) in [5, 5.41) is 8.78. The smallest absolute Gasteiger partial charge is 0.207 e. The lowest BCUT2D eigenvalue weighted by Gasteiger charge is -2.34. The maximum absolute atomic E-state index is 5.74. The van der Waals surface area contributed by atoms with Gasteiger partial charge in [0.25, 0.3) is 0 Å². The molecule has 0 radical (unpaired) electrons. The lowest BCUT2D eigenvalue weighted by molar-refractivity contribution is 0.134. The first kappa shape index (κ1) is 12.9. The average Bonchev–Trinajstić information content (AvgIpc) is 2.48. The Balaban J connectivity index is 2.59. The van der Waals surface area contributed by atoms with Crippen molar-refractivity contribution in [2.45, 2.75) is 40.3 Å². The van der Waals surface area contributed by atoms with Gasteiger partial charge in [0.15, 0.2) is 0 Å². The van der Waals surface area contributed by atoms with Gasteiger partial charge in [0.05, 0.1) is 6.54 Å². The Morgan fingerprint density at radius 3 is 2.40 bits per heavy atom. The van der Waals surface area contributed by atoms with Gasteiger partial charge in [-0.05, 0) is 31.0 Å². The van der Waals surface area contributed by atoms with Crippen LogP contribution in [0, 0.1) is 5.41 Å². The van der Waals surface area contributed by atoms with Crippen LogP contribution in [0.4, 0.5) is 0 Å². The third kappa shape index (κ3) is 3.70. The number of aromatic nitrogens is 2. The normalized spacial score (nSPS) is 14.6. The van der Waals surface area contributed by atoms with Gasteiger partial charge in [0.2, 0.25) is 4.47 Å². The zero-order chi connectivity index (χ0) is 11.6. The number of hydrogen-bond donors (Lipinski definition) is 0. The molecule has 5 heteroatoms. The summed E-state index contributed by atoms with van der Waals surface area (Å²) < 4.78 is 0.516. The molecule has 1 heterocycles. The number of halogens is 1. The van der Waals surface area contributed by atoms with Crippen LogP contribution < -0.4 is 0 Å². The second-order valence-corrected chi connectivity index (χ2v) is 6.55. The van der Waals surface area contributed by atoms with Crippen LogP contribution in [0.15, 0.2) is 0 Å². The Bertz CT molecular complexity index is 319. The second-order valence-electron chi connectivity index (χ2n) is 4.91. The molecule has 0 bridgehead atoms. The minimum absolute atomic E-state index is 0.267. The highest BCUT2D eigenvalue weighted by atomic mass is 35.5. The van der Waals surface area contributed by atoms with E-state index in [1.165, 1.54) is 11.3 Å². The van der Waals surface area contributed by atoms with Crippen molar-refractivity contribution in [1.82, 2.24) is 15.1 Å². The number of hydrogen-bond acceptors (Lipinski definition) is 4. The van der Waals surface area contributed by atoms with Crippen LogP contribution in [-0.2, 0) is 6.54 Å². The molecule has 86 valence electrons. The van der Waals surface area contributed by atoms with E-state index in [2.05, 4.69) is 49.8 Å². The van der Waals surface area contributed by atoms with E-state index < -0.39 is 0 Å². The largest absolute Gasteiger partial charge is 0.296 e. The van der Waals surface area contributed by atoms with Gasteiger partial charge in [-0.3, -0.25) is 4.90 Å². The molecular weight excluding hydrogens is 230 g/mol. The summed E-state index contributed by atoms with van der Waals surface area (Å²) in [5.41, 5.74) is 0.267. The van der Waals surface area contributed by atoms with Crippen LogP contribution in [0.1, 0.15) is 32.7 Å². The fourth-order valence-electron chi connectivity index (χ4n) is 1.31. The lowest BCUT2D eigenvalue weighted by atomic mass is 9.87. The van der Waals surface area contributed by atoms with Crippen LogP contribution in [0.5, 0.6) is 0 Å². The molecule has 0 spiro atoms. The monoisotopic (exact) mass is 247 g/mol. The predicted molar refractivity (Wildman–Crippen MR) is 65.3 cm³/mol. The quantitative estimate of drug-likeness (QED) is 0.822. The van der Waals surface area contributed by atoms with E-state index in [4.69, 9.17) is 11.6 Å². The van der Waals surface area contributed by atoms with E-state index in [9.17, 15) is 0 Å². The summed E-state index contributed by atoms with van der Waals surface area (Å²) in [5.74, 6) is 0. The van der Waals surface area contributed by atoms with Crippen molar-refractivity contribution in [3.05, 3.63) is 9.47 Å². The van der Waals surface area contributed by atoms with E-state index in [1.54, 1.807) is 0 Å². The van der Waals surface area contributed by atoms with Crippen molar-refractivity contribution in [3.8, 4) is 0 Å². The third-order valence-electron chi connectivity index (χ3n) is 2.74. The topological polar surface area (TPSA) is 29.0 Å². The molecule has 0 aliphatic carbocycles. The van der Waals surface area contributed by atoms with Gasteiger partial charge >= 0.3 is 0 Å². The first-order valence-corrected chi connectivity index (χ1v) is 6.18. The van der Waals surface area contributed by atoms with Gasteiger partial charge in [-0.15, -0.1) is 10.2 Å². The molecule has 3 nitrogen and oxygen atoms in total. The zero-order valence-electron chi connectivity index (χ0n) is 9.91. The Hall–Kier alpha value is -0.190. The van der Waals surface area contributed by atoms with Gasteiger partial charge < -0.3 is 0 Å². The molecule has 15 heavy (non-hydrogen) atoms. The first-order valence-electron chi connectivity index (χ1n) is 4.99. The molecule has 0 aliphatic rings. The van der Waals surface area contributed by atoms with Gasteiger partial charge in [-0.2, -0.15) is 0 Å². The highest BCUT2D eigenvalue weighted by Gasteiger charge is 2.24. The van der Waals surface area contributed by atoms with Gasteiger partial charge in [0.1, 0.15) is 5.01 Å². The van der Waals surface area contributed by atoms with Crippen LogP contribution >= 0.6 is 22.9 Å². The average molecular weight is 248 g/mol. The minimum atomic E-state index is 0.267.